The van der Waals surface area contributed by atoms with Crippen LogP contribution in [0.3, 0.4) is 0 Å². The lowest BCUT2D eigenvalue weighted by Crippen LogP contribution is -2.37. The van der Waals surface area contributed by atoms with Gasteiger partial charge in [-0.3, -0.25) is 9.69 Å². The number of nitrogens with zero attached hydrogens (tertiary/aromatic N) is 1. The molecule has 0 bridgehead atoms. The Labute approximate surface area is 216 Å². The van der Waals surface area contributed by atoms with E-state index >= 15 is 0 Å². The van der Waals surface area contributed by atoms with Crippen molar-refractivity contribution < 1.29 is 26.7 Å². The number of sulfonamides is 1. The van der Waals surface area contributed by atoms with Crippen molar-refractivity contribution in [1.82, 2.24) is 9.62 Å². The van der Waals surface area contributed by atoms with Crippen molar-refractivity contribution in [2.75, 3.05) is 25.4 Å². The summed E-state index contributed by atoms with van der Waals surface area (Å²) in [6, 6.07) is 7.18. The highest BCUT2D eigenvalue weighted by molar-refractivity contribution is 7.90. The third kappa shape index (κ3) is 6.36. The molecule has 0 aromatic heterocycles. The highest BCUT2D eigenvalue weighted by atomic mass is 35.5. The summed E-state index contributed by atoms with van der Waals surface area (Å²) in [6.07, 6.45) is 3.61. The monoisotopic (exact) mass is 540 g/mol. The summed E-state index contributed by atoms with van der Waals surface area (Å²) in [4.78, 5) is 14.7. The molecule has 1 N–H and O–H groups in total. The number of halogens is 3. The molecule has 1 atom stereocenters. The first-order valence-electron chi connectivity index (χ1n) is 12.3. The zero-order valence-electron chi connectivity index (χ0n) is 20.4. The van der Waals surface area contributed by atoms with E-state index in [2.05, 4.69) is 11.8 Å². The Hall–Kier alpha value is -2.23. The molecule has 1 heterocycles. The van der Waals surface area contributed by atoms with Crippen molar-refractivity contribution in [2.45, 2.75) is 51.5 Å². The van der Waals surface area contributed by atoms with E-state index in [1.54, 1.807) is 6.07 Å². The van der Waals surface area contributed by atoms with Gasteiger partial charge < -0.3 is 4.74 Å². The number of rotatable bonds is 9. The second kappa shape index (κ2) is 11.0. The molecule has 2 fully saturated rings. The Kier molecular flexibility index (Phi) is 8.22. The van der Waals surface area contributed by atoms with Crippen molar-refractivity contribution in [2.24, 2.45) is 5.92 Å². The van der Waals surface area contributed by atoms with Crippen molar-refractivity contribution in [3.8, 4) is 5.75 Å². The van der Waals surface area contributed by atoms with Crippen LogP contribution in [-0.4, -0.2) is 44.7 Å². The standard InChI is InChI=1S/C26H31ClF2N2O4S/c1-3-36(33,34)30-26(32)22-13-21(18-4-5-18)25(14-24(22)29)35-15-17-8-10-31(11-9-17)16(2)20-7-6-19(28)12-23(20)27/h6-7,12-14,16-18H,3-5,8-11,15H2,1-2H3,(H,30,32)/t16-/m1/s1. The fourth-order valence-corrected chi connectivity index (χ4v) is 5.47. The van der Waals surface area contributed by atoms with Gasteiger partial charge in [-0.2, -0.15) is 0 Å². The summed E-state index contributed by atoms with van der Waals surface area (Å²) in [5.74, 6) is -1.52. The topological polar surface area (TPSA) is 75.7 Å². The molecule has 0 unspecified atom stereocenters. The summed E-state index contributed by atoms with van der Waals surface area (Å²) < 4.78 is 59.6. The number of likely N-dealkylation sites (tertiary alicyclic amines) is 1. The molecule has 2 aromatic carbocycles. The second-order valence-corrected chi connectivity index (χ2v) is 12.0. The average molecular weight is 541 g/mol. The number of carbonyl (C=O) groups excluding carboxylic acids is 1. The molecule has 196 valence electrons. The number of piperidine rings is 1. The molecule has 10 heteroatoms. The summed E-state index contributed by atoms with van der Waals surface area (Å²) in [7, 11) is -3.79. The van der Waals surface area contributed by atoms with Gasteiger partial charge in [0.2, 0.25) is 10.0 Å². The van der Waals surface area contributed by atoms with Crippen LogP contribution in [0.1, 0.15) is 73.0 Å². The van der Waals surface area contributed by atoms with Gasteiger partial charge in [-0.15, -0.1) is 0 Å². The van der Waals surface area contributed by atoms with Gasteiger partial charge >= 0.3 is 0 Å². The van der Waals surface area contributed by atoms with Crippen LogP contribution in [-0.2, 0) is 10.0 Å². The van der Waals surface area contributed by atoms with Gasteiger partial charge in [0.1, 0.15) is 17.4 Å². The fourth-order valence-electron chi connectivity index (χ4n) is 4.60. The zero-order chi connectivity index (χ0) is 26.0. The minimum atomic E-state index is -3.79. The lowest BCUT2D eigenvalue weighted by atomic mass is 9.95. The Morgan fingerprint density at radius 3 is 2.47 bits per heavy atom. The van der Waals surface area contributed by atoms with Gasteiger partial charge in [0.05, 0.1) is 17.9 Å². The molecule has 2 aromatic rings. The van der Waals surface area contributed by atoms with E-state index < -0.39 is 21.7 Å². The first-order valence-corrected chi connectivity index (χ1v) is 14.3. The molecule has 1 amide bonds. The highest BCUT2D eigenvalue weighted by Crippen LogP contribution is 2.45. The number of amides is 1. The van der Waals surface area contributed by atoms with Crippen LogP contribution >= 0.6 is 11.6 Å². The predicted molar refractivity (Wildman–Crippen MR) is 135 cm³/mol. The van der Waals surface area contributed by atoms with E-state index in [0.29, 0.717) is 17.4 Å². The van der Waals surface area contributed by atoms with Crippen LogP contribution < -0.4 is 9.46 Å². The molecule has 0 spiro atoms. The Bertz CT molecular complexity index is 1230. The lowest BCUT2D eigenvalue weighted by molar-refractivity contribution is 0.0977. The molecule has 1 saturated heterocycles. The van der Waals surface area contributed by atoms with Crippen LogP contribution in [0.5, 0.6) is 5.75 Å². The normalized spacial score (nSPS) is 18.1. The van der Waals surface area contributed by atoms with Crippen molar-refractivity contribution in [3.63, 3.8) is 0 Å². The summed E-state index contributed by atoms with van der Waals surface area (Å²) in [5, 5.41) is 0.423. The molecule has 1 saturated carbocycles. The van der Waals surface area contributed by atoms with Crippen LogP contribution in [0, 0.1) is 17.6 Å². The van der Waals surface area contributed by atoms with Crippen molar-refractivity contribution >= 4 is 27.5 Å². The molecule has 2 aliphatic rings. The van der Waals surface area contributed by atoms with Gasteiger partial charge in [0.25, 0.3) is 5.91 Å². The van der Waals surface area contributed by atoms with E-state index in [1.807, 2.05) is 4.72 Å². The van der Waals surface area contributed by atoms with Gasteiger partial charge in [-0.05, 0) is 93.8 Å². The first kappa shape index (κ1) is 26.8. The number of hydrogen-bond acceptors (Lipinski definition) is 5. The molecule has 0 radical (unpaired) electrons. The fraction of sp³-hybridized carbons (Fsp3) is 0.500. The molecule has 1 aliphatic heterocycles. The van der Waals surface area contributed by atoms with Gasteiger partial charge in [0, 0.05) is 17.1 Å². The maximum absolute atomic E-state index is 14.8. The first-order chi connectivity index (χ1) is 17.1. The highest BCUT2D eigenvalue weighted by Gasteiger charge is 2.31. The minimum Gasteiger partial charge on any atom is -0.493 e. The molecule has 36 heavy (non-hydrogen) atoms. The summed E-state index contributed by atoms with van der Waals surface area (Å²) >= 11 is 6.25. The van der Waals surface area contributed by atoms with Crippen LogP contribution in [0.25, 0.3) is 0 Å². The largest absolute Gasteiger partial charge is 0.493 e. The molecular weight excluding hydrogens is 510 g/mol. The maximum atomic E-state index is 14.8. The summed E-state index contributed by atoms with van der Waals surface area (Å²) in [5.41, 5.74) is 1.35. The van der Waals surface area contributed by atoms with E-state index in [-0.39, 0.29) is 35.0 Å². The molecule has 6 nitrogen and oxygen atoms in total. The predicted octanol–water partition coefficient (Wildman–Crippen LogP) is 5.43. The number of carbonyl (C=O) groups is 1. The molecule has 4 rings (SSSR count). The SMILES string of the molecule is CCS(=O)(=O)NC(=O)c1cc(C2CC2)c(OCC2CCN([C@H](C)c3ccc(F)cc3Cl)CC2)cc1F. The van der Waals surface area contributed by atoms with Gasteiger partial charge in [-0.25, -0.2) is 21.9 Å². The smallest absolute Gasteiger partial charge is 0.267 e. The second-order valence-electron chi connectivity index (χ2n) is 9.61. The number of ether oxygens (including phenoxy) is 1. The quantitative estimate of drug-likeness (QED) is 0.459. The third-order valence-electron chi connectivity index (χ3n) is 7.07. The van der Waals surface area contributed by atoms with Crippen molar-refractivity contribution in [1.29, 1.82) is 0 Å². The number of hydrogen-bond donors (Lipinski definition) is 1. The van der Waals surface area contributed by atoms with E-state index in [1.165, 1.54) is 31.2 Å². The minimum absolute atomic E-state index is 0.0609. The van der Waals surface area contributed by atoms with Crippen LogP contribution in [0.2, 0.25) is 5.02 Å². The van der Waals surface area contributed by atoms with Crippen molar-refractivity contribution in [3.05, 3.63) is 63.7 Å². The average Bonchev–Trinajstić information content (AvgIpc) is 3.68. The Morgan fingerprint density at radius 2 is 1.86 bits per heavy atom. The third-order valence-corrected chi connectivity index (χ3v) is 8.66. The maximum Gasteiger partial charge on any atom is 0.267 e. The van der Waals surface area contributed by atoms with Gasteiger partial charge in [0.15, 0.2) is 0 Å². The number of nitrogens with one attached hydrogen (secondary N) is 1. The Morgan fingerprint density at radius 1 is 1.17 bits per heavy atom. The Balaban J connectivity index is 1.38. The molecular formula is C26H31ClF2N2O4S. The van der Waals surface area contributed by atoms with E-state index in [4.69, 9.17) is 16.3 Å². The van der Waals surface area contributed by atoms with E-state index in [0.717, 1.165) is 49.9 Å². The molecule has 1 aliphatic carbocycles. The summed E-state index contributed by atoms with van der Waals surface area (Å²) in [6.45, 7) is 5.55. The number of benzene rings is 2. The van der Waals surface area contributed by atoms with Crippen LogP contribution in [0.4, 0.5) is 8.78 Å². The lowest BCUT2D eigenvalue weighted by Gasteiger charge is -2.36. The van der Waals surface area contributed by atoms with E-state index in [9.17, 15) is 22.0 Å². The van der Waals surface area contributed by atoms with Gasteiger partial charge in [-0.1, -0.05) is 17.7 Å². The zero-order valence-corrected chi connectivity index (χ0v) is 22.0. The van der Waals surface area contributed by atoms with Crippen LogP contribution in [0.15, 0.2) is 30.3 Å².